The lowest BCUT2D eigenvalue weighted by Crippen LogP contribution is -2.54. The second-order valence-electron chi connectivity index (χ2n) is 10.9. The fourth-order valence-electron chi connectivity index (χ4n) is 6.54. The van der Waals surface area contributed by atoms with Gasteiger partial charge in [0.25, 0.3) is 0 Å². The summed E-state index contributed by atoms with van der Waals surface area (Å²) in [7, 11) is 1.66. The van der Waals surface area contributed by atoms with Gasteiger partial charge in [-0.25, -0.2) is 0 Å². The van der Waals surface area contributed by atoms with Crippen LogP contribution in [-0.4, -0.2) is 48.4 Å². The van der Waals surface area contributed by atoms with Crippen LogP contribution in [0.15, 0.2) is 60.7 Å². The van der Waals surface area contributed by atoms with Gasteiger partial charge in [-0.3, -0.25) is 9.89 Å². The van der Waals surface area contributed by atoms with Crippen LogP contribution in [0.2, 0.25) is 0 Å². The molecule has 37 heavy (non-hydrogen) atoms. The zero-order chi connectivity index (χ0) is 25.3. The number of hydrogen-bond donors (Lipinski definition) is 3. The molecule has 1 amide bonds. The number of piperazine rings is 1. The third-order valence-corrected chi connectivity index (χ3v) is 8.37. The van der Waals surface area contributed by atoms with E-state index in [0.717, 1.165) is 64.2 Å². The molecule has 4 aromatic rings. The van der Waals surface area contributed by atoms with Crippen LogP contribution in [0.3, 0.4) is 0 Å². The fourth-order valence-corrected chi connectivity index (χ4v) is 6.54. The highest BCUT2D eigenvalue weighted by Crippen LogP contribution is 2.65. The van der Waals surface area contributed by atoms with Gasteiger partial charge >= 0.3 is 0 Å². The standard InChI is InChI=1S/C30H31N5O2/c1-17-15-35(16-18(2)31-17)21-7-4-19(5-8-21)28-23-10-6-20(12-27(23)33-34-28)25-14-30(25)24-13-22(37-3)9-11-26(24)32-29(30)36/h4-13,17-18,25,31H,14-16H2,1-3H3,(H,32,36)(H,33,34). The minimum Gasteiger partial charge on any atom is -0.497 e. The van der Waals surface area contributed by atoms with E-state index >= 15 is 0 Å². The number of anilines is 2. The number of rotatable bonds is 4. The van der Waals surface area contributed by atoms with Gasteiger partial charge in [0, 0.05) is 53.4 Å². The summed E-state index contributed by atoms with van der Waals surface area (Å²) in [5.74, 6) is 1.00. The van der Waals surface area contributed by atoms with Crippen molar-refractivity contribution in [3.8, 4) is 17.0 Å². The van der Waals surface area contributed by atoms with Gasteiger partial charge in [0.05, 0.1) is 23.7 Å². The molecule has 1 aromatic heterocycles. The minimum absolute atomic E-state index is 0.0829. The van der Waals surface area contributed by atoms with Crippen LogP contribution < -0.4 is 20.3 Å². The van der Waals surface area contributed by atoms with Crippen molar-refractivity contribution < 1.29 is 9.53 Å². The molecule has 2 fully saturated rings. The van der Waals surface area contributed by atoms with Gasteiger partial charge in [-0.15, -0.1) is 0 Å². The van der Waals surface area contributed by atoms with E-state index in [2.05, 4.69) is 82.0 Å². The van der Waals surface area contributed by atoms with Crippen LogP contribution in [0, 0.1) is 0 Å². The number of aromatic amines is 1. The van der Waals surface area contributed by atoms with Gasteiger partial charge in [0.1, 0.15) is 5.75 Å². The Morgan fingerprint density at radius 3 is 2.54 bits per heavy atom. The van der Waals surface area contributed by atoms with Crippen molar-refractivity contribution >= 4 is 28.2 Å². The molecule has 3 N–H and O–H groups in total. The van der Waals surface area contributed by atoms with Gasteiger partial charge in [-0.05, 0) is 67.8 Å². The van der Waals surface area contributed by atoms with E-state index in [9.17, 15) is 4.79 Å². The Labute approximate surface area is 216 Å². The molecular weight excluding hydrogens is 462 g/mol. The Kier molecular flexibility index (Phi) is 4.88. The van der Waals surface area contributed by atoms with E-state index < -0.39 is 5.41 Å². The summed E-state index contributed by atoms with van der Waals surface area (Å²) >= 11 is 0. The van der Waals surface area contributed by atoms with E-state index in [1.807, 2.05) is 18.2 Å². The highest BCUT2D eigenvalue weighted by molar-refractivity contribution is 6.10. The van der Waals surface area contributed by atoms with Crippen molar-refractivity contribution in [2.75, 3.05) is 30.4 Å². The van der Waals surface area contributed by atoms with E-state index in [-0.39, 0.29) is 11.8 Å². The highest BCUT2D eigenvalue weighted by Gasteiger charge is 2.65. The van der Waals surface area contributed by atoms with Crippen molar-refractivity contribution in [1.29, 1.82) is 0 Å². The molecule has 0 radical (unpaired) electrons. The monoisotopic (exact) mass is 493 g/mol. The first-order valence-corrected chi connectivity index (χ1v) is 13.1. The van der Waals surface area contributed by atoms with Gasteiger partial charge < -0.3 is 20.3 Å². The molecule has 4 atom stereocenters. The number of benzene rings is 3. The predicted molar refractivity (Wildman–Crippen MR) is 146 cm³/mol. The molecule has 1 saturated carbocycles. The summed E-state index contributed by atoms with van der Waals surface area (Å²) in [5, 5.41) is 15.7. The zero-order valence-electron chi connectivity index (χ0n) is 21.3. The molecule has 1 saturated heterocycles. The smallest absolute Gasteiger partial charge is 0.235 e. The van der Waals surface area contributed by atoms with Crippen molar-refractivity contribution in [2.45, 2.75) is 43.7 Å². The number of ether oxygens (including phenoxy) is 1. The SMILES string of the molecule is COc1ccc2c(c1)C1(CC1c1ccc3c(-c4ccc(N5CC(C)NC(C)C5)cc4)n[nH]c3c1)C(=O)N2. The summed E-state index contributed by atoms with van der Waals surface area (Å²) in [6, 6.07) is 22.0. The number of methoxy groups -OCH3 is 1. The van der Waals surface area contributed by atoms with Crippen molar-refractivity contribution in [2.24, 2.45) is 0 Å². The largest absolute Gasteiger partial charge is 0.497 e. The molecule has 7 heteroatoms. The first-order chi connectivity index (χ1) is 18.0. The van der Waals surface area contributed by atoms with E-state index in [1.165, 1.54) is 5.69 Å². The summed E-state index contributed by atoms with van der Waals surface area (Å²) in [5.41, 5.74) is 6.88. The molecule has 3 aromatic carbocycles. The second-order valence-corrected chi connectivity index (χ2v) is 10.9. The van der Waals surface area contributed by atoms with Crippen LogP contribution >= 0.6 is 0 Å². The Bertz CT molecular complexity index is 1520. The van der Waals surface area contributed by atoms with Crippen LogP contribution in [0.5, 0.6) is 5.75 Å². The molecule has 0 bridgehead atoms. The molecule has 2 aliphatic heterocycles. The maximum atomic E-state index is 13.1. The summed E-state index contributed by atoms with van der Waals surface area (Å²) in [6.07, 6.45) is 0.802. The first kappa shape index (κ1) is 22.4. The maximum absolute atomic E-state index is 13.1. The Balaban J connectivity index is 1.16. The molecule has 3 heterocycles. The first-order valence-electron chi connectivity index (χ1n) is 13.1. The second kappa shape index (κ2) is 8.08. The molecule has 3 aliphatic rings. The van der Waals surface area contributed by atoms with Crippen LogP contribution in [0.25, 0.3) is 22.2 Å². The Hall–Kier alpha value is -3.84. The third-order valence-electron chi connectivity index (χ3n) is 8.37. The van der Waals surface area contributed by atoms with Gasteiger partial charge in [0.2, 0.25) is 5.91 Å². The minimum atomic E-state index is -0.505. The van der Waals surface area contributed by atoms with Gasteiger partial charge in [-0.2, -0.15) is 5.10 Å². The zero-order valence-corrected chi connectivity index (χ0v) is 21.3. The lowest BCUT2D eigenvalue weighted by atomic mass is 9.91. The Morgan fingerprint density at radius 1 is 1.00 bits per heavy atom. The quantitative estimate of drug-likeness (QED) is 0.380. The highest BCUT2D eigenvalue weighted by atomic mass is 16.5. The van der Waals surface area contributed by atoms with Crippen LogP contribution in [0.4, 0.5) is 11.4 Å². The normalized spacial score (nSPS) is 26.4. The molecule has 4 unspecified atom stereocenters. The number of carbonyl (C=O) groups is 1. The molecule has 1 spiro atoms. The van der Waals surface area contributed by atoms with E-state index in [0.29, 0.717) is 12.1 Å². The fraction of sp³-hybridized carbons (Fsp3) is 0.333. The number of hydrogen-bond acceptors (Lipinski definition) is 5. The maximum Gasteiger partial charge on any atom is 0.235 e. The Morgan fingerprint density at radius 2 is 1.78 bits per heavy atom. The number of nitrogens with one attached hydrogen (secondary N) is 3. The van der Waals surface area contributed by atoms with Crippen LogP contribution in [0.1, 0.15) is 37.3 Å². The van der Waals surface area contributed by atoms with Crippen molar-refractivity contribution in [3.05, 3.63) is 71.8 Å². The van der Waals surface area contributed by atoms with Gasteiger partial charge in [0.15, 0.2) is 0 Å². The predicted octanol–water partition coefficient (Wildman–Crippen LogP) is 4.80. The number of aromatic nitrogens is 2. The molecule has 1 aliphatic carbocycles. The number of nitrogens with zero attached hydrogens (tertiary/aromatic N) is 2. The number of carbonyl (C=O) groups excluding carboxylic acids is 1. The summed E-state index contributed by atoms with van der Waals surface area (Å²) in [6.45, 7) is 6.49. The van der Waals surface area contributed by atoms with Gasteiger partial charge in [-0.1, -0.05) is 24.3 Å². The number of H-pyrrole nitrogens is 1. The number of amides is 1. The number of fused-ring (bicyclic) bond motifs is 3. The molecule has 7 rings (SSSR count). The van der Waals surface area contributed by atoms with Crippen LogP contribution in [-0.2, 0) is 10.2 Å². The molecule has 7 nitrogen and oxygen atoms in total. The lowest BCUT2D eigenvalue weighted by Gasteiger charge is -2.37. The van der Waals surface area contributed by atoms with E-state index in [1.54, 1.807) is 7.11 Å². The summed E-state index contributed by atoms with van der Waals surface area (Å²) < 4.78 is 5.43. The van der Waals surface area contributed by atoms with Crippen molar-refractivity contribution in [3.63, 3.8) is 0 Å². The summed E-state index contributed by atoms with van der Waals surface area (Å²) in [4.78, 5) is 15.5. The molecular formula is C30H31N5O2. The van der Waals surface area contributed by atoms with Crippen molar-refractivity contribution in [1.82, 2.24) is 15.5 Å². The average molecular weight is 494 g/mol. The third kappa shape index (κ3) is 3.44. The molecule has 188 valence electrons. The lowest BCUT2D eigenvalue weighted by molar-refractivity contribution is -0.118. The average Bonchev–Trinajstić information content (AvgIpc) is 3.42. The van der Waals surface area contributed by atoms with E-state index in [4.69, 9.17) is 4.74 Å². The topological polar surface area (TPSA) is 82.3 Å².